The number of ether oxygens (including phenoxy) is 1. The van der Waals surface area contributed by atoms with Crippen LogP contribution in [-0.2, 0) is 20.9 Å². The Kier molecular flexibility index (Phi) is 9.12. The van der Waals surface area contributed by atoms with E-state index in [1.807, 2.05) is 78.7 Å². The number of rotatable bonds is 12. The zero-order chi connectivity index (χ0) is 27.8. The fourth-order valence-corrected chi connectivity index (χ4v) is 4.91. The molecule has 1 aliphatic carbocycles. The number of carboxylic acid groups (broad SMARTS) is 1. The van der Waals surface area contributed by atoms with Gasteiger partial charge in [0.15, 0.2) is 0 Å². The normalized spacial score (nSPS) is 13.6. The van der Waals surface area contributed by atoms with Gasteiger partial charge in [-0.1, -0.05) is 84.9 Å². The predicted octanol–water partition coefficient (Wildman–Crippen LogP) is 4.17. The van der Waals surface area contributed by atoms with Crippen molar-refractivity contribution in [1.82, 2.24) is 15.5 Å². The van der Waals surface area contributed by atoms with Crippen LogP contribution in [0.1, 0.15) is 29.0 Å². The van der Waals surface area contributed by atoms with E-state index in [1.165, 1.54) is 6.08 Å². The number of hydrogen-bond donors (Lipinski definition) is 3. The van der Waals surface area contributed by atoms with Gasteiger partial charge in [-0.15, -0.1) is 6.58 Å². The molecule has 2 unspecified atom stereocenters. The van der Waals surface area contributed by atoms with E-state index in [4.69, 9.17) is 4.74 Å². The molecule has 3 N–H and O–H groups in total. The van der Waals surface area contributed by atoms with Gasteiger partial charge < -0.3 is 20.5 Å². The summed E-state index contributed by atoms with van der Waals surface area (Å²) in [7, 11) is 1.82. The number of likely N-dealkylation sites (N-methyl/N-ethyl adjacent to an activating group) is 1. The molecule has 8 nitrogen and oxygen atoms in total. The first-order valence-corrected chi connectivity index (χ1v) is 12.9. The van der Waals surface area contributed by atoms with Crippen LogP contribution in [0.5, 0.6) is 0 Å². The largest absolute Gasteiger partial charge is 0.480 e. The SMILES string of the molecule is C=CCC(NC(=O)C(CN(C)Cc1ccccc1)NC(=O)OCC1c2ccccc2-c2ccccc21)C(=O)O. The number of carbonyl (C=O) groups is 3. The van der Waals surface area contributed by atoms with E-state index >= 15 is 0 Å². The summed E-state index contributed by atoms with van der Waals surface area (Å²) >= 11 is 0. The Hall–Kier alpha value is -4.43. The van der Waals surface area contributed by atoms with Crippen LogP contribution in [0, 0.1) is 0 Å². The lowest BCUT2D eigenvalue weighted by molar-refractivity contribution is -0.142. The third kappa shape index (κ3) is 6.91. The van der Waals surface area contributed by atoms with Crippen molar-refractivity contribution < 1.29 is 24.2 Å². The first kappa shape index (κ1) is 27.6. The monoisotopic (exact) mass is 527 g/mol. The van der Waals surface area contributed by atoms with Gasteiger partial charge in [0.05, 0.1) is 0 Å². The van der Waals surface area contributed by atoms with Crippen molar-refractivity contribution >= 4 is 18.0 Å². The fourth-order valence-electron chi connectivity index (χ4n) is 4.91. The van der Waals surface area contributed by atoms with Crippen LogP contribution < -0.4 is 10.6 Å². The van der Waals surface area contributed by atoms with Crippen LogP contribution in [-0.4, -0.2) is 60.3 Å². The Morgan fingerprint density at radius 2 is 1.51 bits per heavy atom. The molecule has 0 saturated heterocycles. The van der Waals surface area contributed by atoms with Crippen molar-refractivity contribution in [3.8, 4) is 11.1 Å². The molecule has 0 spiro atoms. The summed E-state index contributed by atoms with van der Waals surface area (Å²) in [5.74, 6) is -1.92. The summed E-state index contributed by atoms with van der Waals surface area (Å²) in [4.78, 5) is 39.6. The van der Waals surface area contributed by atoms with E-state index in [9.17, 15) is 19.5 Å². The number of alkyl carbamates (subject to hydrolysis) is 1. The van der Waals surface area contributed by atoms with Crippen molar-refractivity contribution in [2.45, 2.75) is 31.0 Å². The van der Waals surface area contributed by atoms with Crippen LogP contribution in [0.25, 0.3) is 11.1 Å². The maximum absolute atomic E-state index is 13.1. The van der Waals surface area contributed by atoms with Gasteiger partial charge in [0, 0.05) is 19.0 Å². The number of nitrogens with zero attached hydrogens (tertiary/aromatic N) is 1. The van der Waals surface area contributed by atoms with E-state index in [-0.39, 0.29) is 25.5 Å². The van der Waals surface area contributed by atoms with Crippen LogP contribution >= 0.6 is 0 Å². The first-order valence-electron chi connectivity index (χ1n) is 12.9. The summed E-state index contributed by atoms with van der Waals surface area (Å²) in [5.41, 5.74) is 5.43. The molecule has 0 aliphatic heterocycles. The lowest BCUT2D eigenvalue weighted by atomic mass is 9.98. The molecule has 2 amide bonds. The predicted molar refractivity (Wildman–Crippen MR) is 149 cm³/mol. The van der Waals surface area contributed by atoms with Crippen molar-refractivity contribution in [2.75, 3.05) is 20.2 Å². The Morgan fingerprint density at radius 1 is 0.923 bits per heavy atom. The molecule has 0 saturated carbocycles. The highest BCUT2D eigenvalue weighted by Crippen LogP contribution is 2.44. The van der Waals surface area contributed by atoms with Gasteiger partial charge in [0.25, 0.3) is 0 Å². The molecule has 1 aliphatic rings. The maximum Gasteiger partial charge on any atom is 0.407 e. The molecule has 8 heteroatoms. The average molecular weight is 528 g/mol. The van der Waals surface area contributed by atoms with Crippen molar-refractivity contribution in [2.24, 2.45) is 0 Å². The maximum atomic E-state index is 13.1. The molecule has 0 radical (unpaired) electrons. The molecule has 0 aromatic heterocycles. The second-order valence-corrected chi connectivity index (χ2v) is 9.63. The Bertz CT molecular complexity index is 1280. The van der Waals surface area contributed by atoms with Gasteiger partial charge in [-0.3, -0.25) is 9.69 Å². The highest BCUT2D eigenvalue weighted by Gasteiger charge is 2.31. The third-order valence-corrected chi connectivity index (χ3v) is 6.76. The number of aliphatic carboxylic acids is 1. The summed E-state index contributed by atoms with van der Waals surface area (Å²) < 4.78 is 5.64. The molecular weight excluding hydrogens is 494 g/mol. The van der Waals surface area contributed by atoms with Crippen LogP contribution in [0.3, 0.4) is 0 Å². The van der Waals surface area contributed by atoms with Crippen molar-refractivity contribution in [3.63, 3.8) is 0 Å². The number of amides is 2. The number of nitrogens with one attached hydrogen (secondary N) is 2. The minimum absolute atomic E-state index is 0.0542. The number of hydrogen-bond acceptors (Lipinski definition) is 5. The second-order valence-electron chi connectivity index (χ2n) is 9.63. The summed E-state index contributed by atoms with van der Waals surface area (Å²) in [6.45, 7) is 4.34. The third-order valence-electron chi connectivity index (χ3n) is 6.76. The van der Waals surface area contributed by atoms with E-state index in [0.717, 1.165) is 27.8 Å². The molecule has 202 valence electrons. The van der Waals surface area contributed by atoms with Gasteiger partial charge in [-0.25, -0.2) is 9.59 Å². The zero-order valence-electron chi connectivity index (χ0n) is 21.9. The van der Waals surface area contributed by atoms with Crippen molar-refractivity contribution in [3.05, 3.63) is 108 Å². The van der Waals surface area contributed by atoms with E-state index < -0.39 is 30.1 Å². The molecule has 3 aromatic carbocycles. The lowest BCUT2D eigenvalue weighted by Gasteiger charge is -2.26. The van der Waals surface area contributed by atoms with E-state index in [1.54, 1.807) is 0 Å². The molecule has 0 heterocycles. The number of carbonyl (C=O) groups excluding carboxylic acids is 2. The highest BCUT2D eigenvalue weighted by atomic mass is 16.5. The molecule has 2 atom stereocenters. The fraction of sp³-hybridized carbons (Fsp3) is 0.258. The lowest BCUT2D eigenvalue weighted by Crippen LogP contribution is -2.55. The quantitative estimate of drug-likeness (QED) is 0.305. The average Bonchev–Trinajstić information content (AvgIpc) is 3.25. The molecule has 0 fully saturated rings. The smallest absolute Gasteiger partial charge is 0.407 e. The molecule has 3 aromatic rings. The number of carboxylic acids is 1. The number of benzene rings is 3. The van der Waals surface area contributed by atoms with Gasteiger partial charge in [-0.05, 0) is 41.3 Å². The summed E-state index contributed by atoms with van der Waals surface area (Å²) in [5, 5.41) is 14.6. The second kappa shape index (κ2) is 12.9. The standard InChI is InChI=1S/C31H33N3O5/c1-3-11-27(30(36)37)32-29(35)28(19-34(2)18-21-12-5-4-6-13-21)33-31(38)39-20-26-24-16-9-7-14-22(24)23-15-8-10-17-25(23)26/h3-10,12-17,26-28H,1,11,18-20H2,2H3,(H,32,35)(H,33,38)(H,36,37). The molecule has 0 bridgehead atoms. The summed E-state index contributed by atoms with van der Waals surface area (Å²) in [6.07, 6.45) is 0.730. The molecule has 39 heavy (non-hydrogen) atoms. The first-order chi connectivity index (χ1) is 18.9. The van der Waals surface area contributed by atoms with Gasteiger partial charge in [0.1, 0.15) is 18.7 Å². The molecule has 4 rings (SSSR count). The summed E-state index contributed by atoms with van der Waals surface area (Å²) in [6, 6.07) is 23.6. The minimum atomic E-state index is -1.18. The van der Waals surface area contributed by atoms with Crippen molar-refractivity contribution in [1.29, 1.82) is 0 Å². The van der Waals surface area contributed by atoms with Gasteiger partial charge in [0.2, 0.25) is 5.91 Å². The number of fused-ring (bicyclic) bond motifs is 3. The van der Waals surface area contributed by atoms with Crippen LogP contribution in [0.15, 0.2) is 91.5 Å². The van der Waals surface area contributed by atoms with E-state index in [2.05, 4.69) is 29.3 Å². The molecular formula is C31H33N3O5. The topological polar surface area (TPSA) is 108 Å². The minimum Gasteiger partial charge on any atom is -0.480 e. The van der Waals surface area contributed by atoms with Crippen LogP contribution in [0.4, 0.5) is 4.79 Å². The highest BCUT2D eigenvalue weighted by molar-refractivity contribution is 5.89. The zero-order valence-corrected chi connectivity index (χ0v) is 21.9. The van der Waals surface area contributed by atoms with E-state index in [0.29, 0.717) is 6.54 Å². The Balaban J connectivity index is 1.45. The Morgan fingerprint density at radius 3 is 2.10 bits per heavy atom. The van der Waals surface area contributed by atoms with Crippen LogP contribution in [0.2, 0.25) is 0 Å². The van der Waals surface area contributed by atoms with Gasteiger partial charge >= 0.3 is 12.1 Å². The Labute approximate surface area is 228 Å². The van der Waals surface area contributed by atoms with Gasteiger partial charge in [-0.2, -0.15) is 0 Å².